The number of hydrogen-bond donors (Lipinski definition) is 3. The van der Waals surface area contributed by atoms with Gasteiger partial charge in [0.15, 0.2) is 0 Å². The van der Waals surface area contributed by atoms with Gasteiger partial charge in [-0.1, -0.05) is 90.7 Å². The topological polar surface area (TPSA) is 79.0 Å². The van der Waals surface area contributed by atoms with Gasteiger partial charge < -0.3 is 11.1 Å². The molecule has 0 aliphatic carbocycles. The molecule has 0 aromatic heterocycles. The predicted molar refractivity (Wildman–Crippen MR) is 120 cm³/mol. The molecule has 0 spiro atoms. The summed E-state index contributed by atoms with van der Waals surface area (Å²) in [6.45, 7) is 6.16. The second kappa shape index (κ2) is 14.2. The minimum Gasteiger partial charge on any atom is -0.386 e. The van der Waals surface area contributed by atoms with Crippen molar-refractivity contribution in [3.8, 4) is 0 Å². The molecule has 4 N–H and O–H groups in total. The minimum atomic E-state index is -0.418. The zero-order chi connectivity index (χ0) is 20.8. The lowest BCUT2D eigenvalue weighted by Gasteiger charge is -2.21. The summed E-state index contributed by atoms with van der Waals surface area (Å²) in [6.07, 6.45) is 14.5. The first-order valence-corrected chi connectivity index (χ1v) is 11.2. The van der Waals surface area contributed by atoms with E-state index in [1.165, 1.54) is 69.8 Å². The van der Waals surface area contributed by atoms with E-state index in [9.17, 15) is 4.79 Å². The SMILES string of the molecule is CCCCCCCCCCCCc1ccc(C(=O)NC(C(=N)N)C(C)C)cc1. The number of amidine groups is 1. The number of hydrogen-bond acceptors (Lipinski definition) is 2. The number of nitrogens with one attached hydrogen (secondary N) is 2. The zero-order valence-corrected chi connectivity index (χ0v) is 18.2. The van der Waals surface area contributed by atoms with E-state index in [0.717, 1.165) is 6.42 Å². The number of carbonyl (C=O) groups excluding carboxylic acids is 1. The number of nitrogens with two attached hydrogens (primary N) is 1. The number of carbonyl (C=O) groups is 1. The lowest BCUT2D eigenvalue weighted by molar-refractivity contribution is 0.0939. The Labute approximate surface area is 172 Å². The van der Waals surface area contributed by atoms with Crippen LogP contribution in [-0.2, 0) is 6.42 Å². The summed E-state index contributed by atoms with van der Waals surface area (Å²) in [7, 11) is 0. The summed E-state index contributed by atoms with van der Waals surface area (Å²) in [5, 5.41) is 10.5. The molecule has 1 aromatic carbocycles. The van der Waals surface area contributed by atoms with Crippen molar-refractivity contribution >= 4 is 11.7 Å². The second-order valence-corrected chi connectivity index (χ2v) is 8.28. The molecule has 1 aromatic rings. The molecule has 0 heterocycles. The average molecular weight is 388 g/mol. The van der Waals surface area contributed by atoms with E-state index in [-0.39, 0.29) is 17.7 Å². The highest BCUT2D eigenvalue weighted by Crippen LogP contribution is 2.13. The number of benzene rings is 1. The van der Waals surface area contributed by atoms with Crippen LogP contribution in [0.25, 0.3) is 0 Å². The first-order valence-electron chi connectivity index (χ1n) is 11.2. The van der Waals surface area contributed by atoms with Gasteiger partial charge in [-0.2, -0.15) is 0 Å². The fraction of sp³-hybridized carbons (Fsp3) is 0.667. The summed E-state index contributed by atoms with van der Waals surface area (Å²) < 4.78 is 0. The number of rotatable bonds is 15. The Morgan fingerprint density at radius 3 is 1.89 bits per heavy atom. The van der Waals surface area contributed by atoms with Gasteiger partial charge >= 0.3 is 0 Å². The van der Waals surface area contributed by atoms with Crippen LogP contribution in [0.1, 0.15) is 101 Å². The van der Waals surface area contributed by atoms with Crippen LogP contribution in [0.2, 0.25) is 0 Å². The van der Waals surface area contributed by atoms with E-state index in [2.05, 4.69) is 12.2 Å². The van der Waals surface area contributed by atoms with Crippen LogP contribution in [0.5, 0.6) is 0 Å². The number of aryl methyl sites for hydroxylation is 1. The highest BCUT2D eigenvalue weighted by Gasteiger charge is 2.19. The maximum absolute atomic E-state index is 12.4. The van der Waals surface area contributed by atoms with Crippen molar-refractivity contribution in [2.75, 3.05) is 0 Å². The first-order chi connectivity index (χ1) is 13.5. The van der Waals surface area contributed by atoms with E-state index in [1.54, 1.807) is 0 Å². The monoisotopic (exact) mass is 387 g/mol. The molecule has 4 nitrogen and oxygen atoms in total. The van der Waals surface area contributed by atoms with Gasteiger partial charge in [0.1, 0.15) is 5.84 Å². The Balaban J connectivity index is 2.24. The quantitative estimate of drug-likeness (QED) is 0.201. The van der Waals surface area contributed by atoms with Crippen LogP contribution >= 0.6 is 0 Å². The fourth-order valence-electron chi connectivity index (χ4n) is 3.47. The van der Waals surface area contributed by atoms with Gasteiger partial charge in [0.2, 0.25) is 0 Å². The van der Waals surface area contributed by atoms with Crippen molar-refractivity contribution < 1.29 is 4.79 Å². The van der Waals surface area contributed by atoms with E-state index in [1.807, 2.05) is 38.1 Å². The van der Waals surface area contributed by atoms with Crippen LogP contribution in [0, 0.1) is 11.3 Å². The second-order valence-electron chi connectivity index (χ2n) is 8.28. The van der Waals surface area contributed by atoms with Gasteiger partial charge in [-0.25, -0.2) is 0 Å². The first kappa shape index (κ1) is 24.2. The van der Waals surface area contributed by atoms with Crippen LogP contribution in [0.4, 0.5) is 0 Å². The van der Waals surface area contributed by atoms with Crippen molar-refractivity contribution in [3.63, 3.8) is 0 Å². The smallest absolute Gasteiger partial charge is 0.251 e. The van der Waals surface area contributed by atoms with Crippen molar-refractivity contribution in [1.82, 2.24) is 5.32 Å². The molecular formula is C24H41N3O. The largest absolute Gasteiger partial charge is 0.386 e. The highest BCUT2D eigenvalue weighted by molar-refractivity contribution is 5.97. The van der Waals surface area contributed by atoms with Gasteiger partial charge in [0.05, 0.1) is 6.04 Å². The zero-order valence-electron chi connectivity index (χ0n) is 18.2. The molecule has 1 rings (SSSR count). The van der Waals surface area contributed by atoms with Gasteiger partial charge in [-0.05, 0) is 36.5 Å². The lowest BCUT2D eigenvalue weighted by Crippen LogP contribution is -2.47. The van der Waals surface area contributed by atoms with Gasteiger partial charge in [-0.3, -0.25) is 10.2 Å². The molecule has 0 saturated heterocycles. The average Bonchev–Trinajstić information content (AvgIpc) is 2.67. The molecule has 158 valence electrons. The van der Waals surface area contributed by atoms with Crippen molar-refractivity contribution in [3.05, 3.63) is 35.4 Å². The van der Waals surface area contributed by atoms with Crippen LogP contribution in [0.15, 0.2) is 24.3 Å². The van der Waals surface area contributed by atoms with Crippen molar-refractivity contribution in [1.29, 1.82) is 5.41 Å². The summed E-state index contributed by atoms with van der Waals surface area (Å²) in [4.78, 5) is 12.4. The van der Waals surface area contributed by atoms with E-state index in [0.29, 0.717) is 5.56 Å². The van der Waals surface area contributed by atoms with Gasteiger partial charge in [0.25, 0.3) is 5.91 Å². The molecule has 0 radical (unpaired) electrons. The molecule has 0 aliphatic rings. The molecule has 1 amide bonds. The number of unbranched alkanes of at least 4 members (excludes halogenated alkanes) is 9. The van der Waals surface area contributed by atoms with Gasteiger partial charge in [0, 0.05) is 5.56 Å². The summed E-state index contributed by atoms with van der Waals surface area (Å²) in [6, 6.07) is 7.41. The molecule has 0 aliphatic heterocycles. The molecule has 28 heavy (non-hydrogen) atoms. The normalized spacial score (nSPS) is 12.1. The molecule has 1 unspecified atom stereocenters. The molecular weight excluding hydrogens is 346 g/mol. The maximum atomic E-state index is 12.4. The van der Waals surface area contributed by atoms with Gasteiger partial charge in [-0.15, -0.1) is 0 Å². The predicted octanol–water partition coefficient (Wildman–Crippen LogP) is 5.84. The third-order valence-corrected chi connectivity index (χ3v) is 5.32. The van der Waals surface area contributed by atoms with E-state index < -0.39 is 6.04 Å². The summed E-state index contributed by atoms with van der Waals surface area (Å²) >= 11 is 0. The van der Waals surface area contributed by atoms with E-state index >= 15 is 0 Å². The highest BCUT2D eigenvalue weighted by atomic mass is 16.1. The fourth-order valence-corrected chi connectivity index (χ4v) is 3.47. The molecule has 0 bridgehead atoms. The third kappa shape index (κ3) is 9.91. The summed E-state index contributed by atoms with van der Waals surface area (Å²) in [5.41, 5.74) is 7.49. The standard InChI is InChI=1S/C24H41N3O/c1-4-5-6-7-8-9-10-11-12-13-14-20-15-17-21(18-16-20)24(28)27-22(19(2)3)23(25)26/h15-19,22H,4-14H2,1-3H3,(H3,25,26)(H,27,28). The third-order valence-electron chi connectivity index (χ3n) is 5.32. The minimum absolute atomic E-state index is 0.000861. The van der Waals surface area contributed by atoms with Crippen molar-refractivity contribution in [2.24, 2.45) is 11.7 Å². The molecule has 1 atom stereocenters. The van der Waals surface area contributed by atoms with E-state index in [4.69, 9.17) is 11.1 Å². The van der Waals surface area contributed by atoms with Crippen LogP contribution in [-0.4, -0.2) is 17.8 Å². The lowest BCUT2D eigenvalue weighted by atomic mass is 10.0. The molecule has 0 fully saturated rings. The van der Waals surface area contributed by atoms with Crippen LogP contribution in [0.3, 0.4) is 0 Å². The Hall–Kier alpha value is -1.84. The van der Waals surface area contributed by atoms with Crippen LogP contribution < -0.4 is 11.1 Å². The number of amides is 1. The Morgan fingerprint density at radius 2 is 1.43 bits per heavy atom. The Bertz CT molecular complexity index is 566. The molecule has 0 saturated carbocycles. The Morgan fingerprint density at radius 1 is 0.929 bits per heavy atom. The van der Waals surface area contributed by atoms with Crippen molar-refractivity contribution in [2.45, 2.75) is 97.4 Å². The maximum Gasteiger partial charge on any atom is 0.251 e. The Kier molecular flexibility index (Phi) is 12.3. The molecule has 4 heteroatoms. The summed E-state index contributed by atoms with van der Waals surface area (Å²) in [5.74, 6) is -0.0719.